The third-order valence-electron chi connectivity index (χ3n) is 4.87. The predicted octanol–water partition coefficient (Wildman–Crippen LogP) is 2.99. The van der Waals surface area contributed by atoms with Crippen LogP contribution in [0, 0.1) is 11.8 Å². The number of hydrogen-bond donors (Lipinski definition) is 2. The molecule has 1 aliphatic heterocycles. The Labute approximate surface area is 140 Å². The fourth-order valence-corrected chi connectivity index (χ4v) is 4.15. The van der Waals surface area contributed by atoms with Crippen LogP contribution in [0.5, 0.6) is 0 Å². The van der Waals surface area contributed by atoms with Gasteiger partial charge in [-0.3, -0.25) is 4.79 Å². The number of nitrogens with one attached hydrogen (secondary N) is 1. The second-order valence-corrected chi connectivity index (χ2v) is 7.13. The molecule has 1 amide bonds. The van der Waals surface area contributed by atoms with Crippen molar-refractivity contribution in [2.75, 3.05) is 25.0 Å². The van der Waals surface area contributed by atoms with Crippen LogP contribution in [-0.4, -0.2) is 36.5 Å². The minimum atomic E-state index is -0.0589. The molecule has 3 rings (SSSR count). The average Bonchev–Trinajstić information content (AvgIpc) is 3.03. The molecule has 0 aromatic heterocycles. The Bertz CT molecular complexity index is 546. The van der Waals surface area contributed by atoms with Gasteiger partial charge in [0, 0.05) is 32.1 Å². The topological polar surface area (TPSA) is 58.4 Å². The fourth-order valence-electron chi connectivity index (χ4n) is 3.66. The van der Waals surface area contributed by atoms with Crippen molar-refractivity contribution in [3.8, 4) is 0 Å². The lowest BCUT2D eigenvalue weighted by Crippen LogP contribution is -2.31. The minimum absolute atomic E-state index is 0.0589. The number of amides is 1. The first-order valence-electron chi connectivity index (χ1n) is 7.76. The van der Waals surface area contributed by atoms with Crippen molar-refractivity contribution in [1.82, 2.24) is 4.90 Å². The summed E-state index contributed by atoms with van der Waals surface area (Å²) in [7, 11) is 0. The summed E-state index contributed by atoms with van der Waals surface area (Å²) in [6, 6.07) is 5.52. The van der Waals surface area contributed by atoms with Gasteiger partial charge in [0.1, 0.15) is 0 Å². The SMILES string of the molecule is NC1CCC2CN(CCC(=O)Nc3c(Cl)cccc3Cl)CC12. The van der Waals surface area contributed by atoms with Crippen LogP contribution in [0.25, 0.3) is 0 Å². The summed E-state index contributed by atoms with van der Waals surface area (Å²) in [6.07, 6.45) is 2.81. The number of fused-ring (bicyclic) bond motifs is 1. The lowest BCUT2D eigenvalue weighted by Gasteiger charge is -2.18. The first kappa shape index (κ1) is 16.1. The van der Waals surface area contributed by atoms with Crippen LogP contribution in [0.1, 0.15) is 19.3 Å². The number of anilines is 1. The summed E-state index contributed by atoms with van der Waals surface area (Å²) < 4.78 is 0. The summed E-state index contributed by atoms with van der Waals surface area (Å²) in [4.78, 5) is 14.5. The van der Waals surface area contributed by atoms with Gasteiger partial charge in [-0.15, -0.1) is 0 Å². The first-order chi connectivity index (χ1) is 10.5. The van der Waals surface area contributed by atoms with E-state index in [0.717, 1.165) is 32.0 Å². The van der Waals surface area contributed by atoms with Gasteiger partial charge in [-0.2, -0.15) is 0 Å². The zero-order chi connectivity index (χ0) is 15.7. The van der Waals surface area contributed by atoms with E-state index in [-0.39, 0.29) is 5.91 Å². The van der Waals surface area contributed by atoms with Gasteiger partial charge in [0.05, 0.1) is 15.7 Å². The van der Waals surface area contributed by atoms with E-state index in [1.54, 1.807) is 18.2 Å². The van der Waals surface area contributed by atoms with Crippen molar-refractivity contribution >= 4 is 34.8 Å². The maximum absolute atomic E-state index is 12.1. The summed E-state index contributed by atoms with van der Waals surface area (Å²) in [5, 5.41) is 3.73. The van der Waals surface area contributed by atoms with E-state index < -0.39 is 0 Å². The lowest BCUT2D eigenvalue weighted by molar-refractivity contribution is -0.116. The molecule has 1 heterocycles. The van der Waals surface area contributed by atoms with Crippen molar-refractivity contribution in [3.63, 3.8) is 0 Å². The summed E-state index contributed by atoms with van der Waals surface area (Å²) in [5.74, 6) is 1.27. The average molecular weight is 342 g/mol. The largest absolute Gasteiger partial charge is 0.327 e. The molecule has 4 nitrogen and oxygen atoms in total. The van der Waals surface area contributed by atoms with Crippen LogP contribution in [-0.2, 0) is 4.79 Å². The zero-order valence-electron chi connectivity index (χ0n) is 12.4. The maximum atomic E-state index is 12.1. The van der Waals surface area contributed by atoms with Crippen molar-refractivity contribution in [1.29, 1.82) is 0 Å². The molecular formula is C16H21Cl2N3O. The van der Waals surface area contributed by atoms with Crippen LogP contribution >= 0.6 is 23.2 Å². The summed E-state index contributed by atoms with van der Waals surface area (Å²) >= 11 is 12.1. The van der Waals surface area contributed by atoms with Gasteiger partial charge in [-0.1, -0.05) is 29.3 Å². The molecule has 22 heavy (non-hydrogen) atoms. The van der Waals surface area contributed by atoms with E-state index in [1.807, 2.05) is 0 Å². The van der Waals surface area contributed by atoms with Crippen LogP contribution < -0.4 is 11.1 Å². The number of hydrogen-bond acceptors (Lipinski definition) is 3. The van der Waals surface area contributed by atoms with Crippen molar-refractivity contribution in [3.05, 3.63) is 28.2 Å². The summed E-state index contributed by atoms with van der Waals surface area (Å²) in [6.45, 7) is 2.85. The van der Waals surface area contributed by atoms with E-state index in [9.17, 15) is 4.79 Å². The molecular weight excluding hydrogens is 321 g/mol. The third kappa shape index (κ3) is 3.40. The molecule has 1 saturated carbocycles. The highest BCUT2D eigenvalue weighted by Crippen LogP contribution is 2.37. The van der Waals surface area contributed by atoms with Gasteiger partial charge in [0.15, 0.2) is 0 Å². The van der Waals surface area contributed by atoms with Crippen molar-refractivity contribution in [2.24, 2.45) is 17.6 Å². The lowest BCUT2D eigenvalue weighted by atomic mass is 9.98. The van der Waals surface area contributed by atoms with E-state index in [1.165, 1.54) is 6.42 Å². The van der Waals surface area contributed by atoms with Gasteiger partial charge >= 0.3 is 0 Å². The van der Waals surface area contributed by atoms with Crippen molar-refractivity contribution < 1.29 is 4.79 Å². The third-order valence-corrected chi connectivity index (χ3v) is 5.50. The zero-order valence-corrected chi connectivity index (χ0v) is 13.9. The molecule has 3 unspecified atom stereocenters. The number of likely N-dealkylation sites (tertiary alicyclic amines) is 1. The molecule has 1 aromatic rings. The predicted molar refractivity (Wildman–Crippen MR) is 90.3 cm³/mol. The number of carbonyl (C=O) groups is 1. The van der Waals surface area contributed by atoms with Crippen LogP contribution in [0.3, 0.4) is 0 Å². The number of nitrogens with zero attached hydrogens (tertiary/aromatic N) is 1. The molecule has 120 valence electrons. The van der Waals surface area contributed by atoms with Crippen LogP contribution in [0.15, 0.2) is 18.2 Å². The number of benzene rings is 1. The van der Waals surface area contributed by atoms with E-state index >= 15 is 0 Å². The quantitative estimate of drug-likeness (QED) is 0.884. The molecule has 3 atom stereocenters. The molecule has 2 aliphatic rings. The molecule has 1 aromatic carbocycles. The molecule has 3 N–H and O–H groups in total. The standard InChI is InChI=1S/C16H21Cl2N3O/c17-12-2-1-3-13(18)16(12)20-15(22)6-7-21-8-10-4-5-14(19)11(10)9-21/h1-3,10-11,14H,4-9,19H2,(H,20,22). The normalized spacial score (nSPS) is 27.9. The maximum Gasteiger partial charge on any atom is 0.225 e. The second kappa shape index (κ2) is 6.75. The molecule has 6 heteroatoms. The smallest absolute Gasteiger partial charge is 0.225 e. The highest BCUT2D eigenvalue weighted by Gasteiger charge is 2.40. The summed E-state index contributed by atoms with van der Waals surface area (Å²) in [5.41, 5.74) is 6.63. The Balaban J connectivity index is 1.49. The Morgan fingerprint density at radius 3 is 2.68 bits per heavy atom. The van der Waals surface area contributed by atoms with Gasteiger partial charge in [0.2, 0.25) is 5.91 Å². The number of para-hydroxylation sites is 1. The number of rotatable bonds is 4. The van der Waals surface area contributed by atoms with Crippen LogP contribution in [0.2, 0.25) is 10.0 Å². The highest BCUT2D eigenvalue weighted by atomic mass is 35.5. The van der Waals surface area contributed by atoms with E-state index in [2.05, 4.69) is 10.2 Å². The highest BCUT2D eigenvalue weighted by molar-refractivity contribution is 6.39. The van der Waals surface area contributed by atoms with Crippen LogP contribution in [0.4, 0.5) is 5.69 Å². The molecule has 2 fully saturated rings. The van der Waals surface area contributed by atoms with Gasteiger partial charge < -0.3 is 16.0 Å². The molecule has 0 radical (unpaired) electrons. The molecule has 0 spiro atoms. The van der Waals surface area contributed by atoms with Gasteiger partial charge in [-0.25, -0.2) is 0 Å². The van der Waals surface area contributed by atoms with E-state index in [4.69, 9.17) is 28.9 Å². The number of carbonyl (C=O) groups excluding carboxylic acids is 1. The molecule has 1 saturated heterocycles. The fraction of sp³-hybridized carbons (Fsp3) is 0.562. The van der Waals surface area contributed by atoms with E-state index in [0.29, 0.717) is 34.1 Å². The number of halogens is 2. The Morgan fingerprint density at radius 1 is 1.27 bits per heavy atom. The first-order valence-corrected chi connectivity index (χ1v) is 8.52. The Hall–Kier alpha value is -0.810. The van der Waals surface area contributed by atoms with Gasteiger partial charge in [-0.05, 0) is 36.8 Å². The Kier molecular flexibility index (Phi) is 4.93. The second-order valence-electron chi connectivity index (χ2n) is 6.32. The minimum Gasteiger partial charge on any atom is -0.327 e. The molecule has 1 aliphatic carbocycles. The Morgan fingerprint density at radius 2 is 2.00 bits per heavy atom. The number of nitrogens with two attached hydrogens (primary N) is 1. The molecule has 0 bridgehead atoms. The monoisotopic (exact) mass is 341 g/mol. The van der Waals surface area contributed by atoms with Crippen molar-refractivity contribution in [2.45, 2.75) is 25.3 Å². The van der Waals surface area contributed by atoms with Gasteiger partial charge in [0.25, 0.3) is 0 Å².